The first-order chi connectivity index (χ1) is 10.3. The van der Waals surface area contributed by atoms with Crippen molar-refractivity contribution in [1.82, 2.24) is 0 Å². The van der Waals surface area contributed by atoms with E-state index in [2.05, 4.69) is 16.8 Å². The monoisotopic (exact) mass is 275 g/mol. The molecule has 2 heteroatoms. The number of hydrogen-bond donors (Lipinski definition) is 1. The van der Waals surface area contributed by atoms with Crippen LogP contribution in [0.25, 0.3) is 0 Å². The van der Waals surface area contributed by atoms with E-state index >= 15 is 0 Å². The maximum absolute atomic E-state index is 10.8. The summed E-state index contributed by atoms with van der Waals surface area (Å²) >= 11 is 0. The number of hydrogen-bond acceptors (Lipinski definition) is 2. The summed E-state index contributed by atoms with van der Waals surface area (Å²) in [6.45, 7) is 0.641. The van der Waals surface area contributed by atoms with Crippen molar-refractivity contribution >= 4 is 5.71 Å². The highest BCUT2D eigenvalue weighted by Crippen LogP contribution is 2.22. The Morgan fingerprint density at radius 3 is 2.38 bits per heavy atom. The van der Waals surface area contributed by atoms with Crippen LogP contribution in [-0.4, -0.2) is 23.0 Å². The van der Waals surface area contributed by atoms with Gasteiger partial charge in [0.05, 0.1) is 5.71 Å². The molecule has 0 bridgehead atoms. The minimum Gasteiger partial charge on any atom is -0.372 e. The van der Waals surface area contributed by atoms with E-state index in [-0.39, 0.29) is 0 Å². The van der Waals surface area contributed by atoms with Gasteiger partial charge in [-0.25, -0.2) is 0 Å². The summed E-state index contributed by atoms with van der Waals surface area (Å²) in [5.41, 5.74) is 1.75. The lowest BCUT2D eigenvalue weighted by molar-refractivity contribution is 0.173. The predicted molar refractivity (Wildman–Crippen MR) is 85.3 cm³/mol. The Labute approximate surface area is 125 Å². The van der Waals surface area contributed by atoms with E-state index in [1.54, 1.807) is 0 Å². The van der Waals surface area contributed by atoms with Crippen molar-refractivity contribution in [3.8, 4) is 11.8 Å². The number of aliphatic imine (C=N–C) groups is 1. The topological polar surface area (TPSA) is 32.6 Å². The molecule has 0 radical (unpaired) electrons. The number of benzene rings is 2. The zero-order chi connectivity index (χ0) is 14.5. The molecule has 0 spiro atoms. The van der Waals surface area contributed by atoms with Crippen LogP contribution >= 0.6 is 0 Å². The second-order valence-corrected chi connectivity index (χ2v) is 5.22. The lowest BCUT2D eigenvalue weighted by Crippen LogP contribution is -2.35. The molecule has 1 heterocycles. The number of aliphatic hydroxyl groups is 1. The number of nitrogens with zero attached hydrogens (tertiary/aromatic N) is 1. The quantitative estimate of drug-likeness (QED) is 0.840. The minimum atomic E-state index is -1.09. The fourth-order valence-corrected chi connectivity index (χ4v) is 2.45. The molecule has 0 saturated carbocycles. The summed E-state index contributed by atoms with van der Waals surface area (Å²) in [7, 11) is 0. The highest BCUT2D eigenvalue weighted by atomic mass is 16.3. The Kier molecular flexibility index (Phi) is 3.85. The van der Waals surface area contributed by atoms with E-state index in [1.807, 2.05) is 60.7 Å². The Hall–Kier alpha value is -2.37. The van der Waals surface area contributed by atoms with Gasteiger partial charge in [0.15, 0.2) is 5.60 Å². The first-order valence-electron chi connectivity index (χ1n) is 7.15. The molecule has 0 aromatic heterocycles. The van der Waals surface area contributed by atoms with Crippen LogP contribution in [0, 0.1) is 11.8 Å². The van der Waals surface area contributed by atoms with Crippen molar-refractivity contribution in [3.05, 3.63) is 71.8 Å². The van der Waals surface area contributed by atoms with E-state index in [1.165, 1.54) is 0 Å². The molecule has 1 unspecified atom stereocenters. The van der Waals surface area contributed by atoms with Crippen LogP contribution < -0.4 is 0 Å². The SMILES string of the molecule is OC1(C#Cc2ccccc2)CCN=C1Cc1ccccc1. The van der Waals surface area contributed by atoms with Crippen molar-refractivity contribution < 1.29 is 5.11 Å². The second-order valence-electron chi connectivity index (χ2n) is 5.22. The molecule has 104 valence electrons. The van der Waals surface area contributed by atoms with Gasteiger partial charge in [-0.3, -0.25) is 4.99 Å². The molecule has 1 atom stereocenters. The molecule has 2 aromatic carbocycles. The molecule has 0 fully saturated rings. The highest BCUT2D eigenvalue weighted by Gasteiger charge is 2.34. The lowest BCUT2D eigenvalue weighted by atomic mass is 9.92. The summed E-state index contributed by atoms with van der Waals surface area (Å²) in [6.07, 6.45) is 1.23. The number of rotatable bonds is 2. The zero-order valence-corrected chi connectivity index (χ0v) is 11.8. The van der Waals surface area contributed by atoms with Gasteiger partial charge < -0.3 is 5.11 Å². The van der Waals surface area contributed by atoms with Gasteiger partial charge in [-0.1, -0.05) is 60.4 Å². The third-order valence-electron chi connectivity index (χ3n) is 3.66. The molecule has 21 heavy (non-hydrogen) atoms. The molecule has 0 amide bonds. The largest absolute Gasteiger partial charge is 0.372 e. The summed E-state index contributed by atoms with van der Waals surface area (Å²) < 4.78 is 0. The average molecular weight is 275 g/mol. The fourth-order valence-electron chi connectivity index (χ4n) is 2.45. The molecular weight excluding hydrogens is 258 g/mol. The van der Waals surface area contributed by atoms with E-state index in [0.717, 1.165) is 16.8 Å². The summed E-state index contributed by atoms with van der Waals surface area (Å²) in [4.78, 5) is 4.46. The maximum Gasteiger partial charge on any atom is 0.165 e. The third kappa shape index (κ3) is 3.21. The minimum absolute atomic E-state index is 0.578. The third-order valence-corrected chi connectivity index (χ3v) is 3.66. The van der Waals surface area contributed by atoms with E-state index in [9.17, 15) is 5.11 Å². The van der Waals surface area contributed by atoms with Crippen molar-refractivity contribution in [1.29, 1.82) is 0 Å². The van der Waals surface area contributed by atoms with Gasteiger partial charge in [-0.15, -0.1) is 0 Å². The van der Waals surface area contributed by atoms with Crippen LogP contribution in [0.1, 0.15) is 17.5 Å². The summed E-state index contributed by atoms with van der Waals surface area (Å²) in [5.74, 6) is 6.08. The van der Waals surface area contributed by atoms with Crippen molar-refractivity contribution in [3.63, 3.8) is 0 Å². The lowest BCUT2D eigenvalue weighted by Gasteiger charge is -2.18. The Bertz CT molecular complexity index is 695. The van der Waals surface area contributed by atoms with Gasteiger partial charge in [-0.05, 0) is 17.7 Å². The zero-order valence-electron chi connectivity index (χ0n) is 11.8. The molecule has 1 aliphatic rings. The smallest absolute Gasteiger partial charge is 0.165 e. The second kappa shape index (κ2) is 5.95. The van der Waals surface area contributed by atoms with Gasteiger partial charge in [0, 0.05) is 24.9 Å². The summed E-state index contributed by atoms with van der Waals surface area (Å²) in [6, 6.07) is 19.8. The van der Waals surface area contributed by atoms with E-state index in [4.69, 9.17) is 0 Å². The van der Waals surface area contributed by atoms with Crippen molar-refractivity contribution in [2.75, 3.05) is 6.54 Å². The van der Waals surface area contributed by atoms with Crippen LogP contribution in [0.15, 0.2) is 65.7 Å². The standard InChI is InChI=1S/C19H17NO/c21-19(12-11-16-7-3-1-4-8-16)13-14-20-18(19)15-17-9-5-2-6-10-17/h1-10,21H,13-15H2. The molecule has 1 aliphatic heterocycles. The van der Waals surface area contributed by atoms with Gasteiger partial charge in [0.25, 0.3) is 0 Å². The van der Waals surface area contributed by atoms with Gasteiger partial charge in [-0.2, -0.15) is 0 Å². The van der Waals surface area contributed by atoms with Gasteiger partial charge in [0.1, 0.15) is 0 Å². The predicted octanol–water partition coefficient (Wildman–Crippen LogP) is 2.86. The maximum atomic E-state index is 10.8. The molecule has 3 rings (SSSR count). The Balaban J connectivity index is 1.81. The molecule has 0 aliphatic carbocycles. The Morgan fingerprint density at radius 2 is 1.67 bits per heavy atom. The molecule has 0 saturated heterocycles. The van der Waals surface area contributed by atoms with Crippen molar-refractivity contribution in [2.24, 2.45) is 4.99 Å². The molecule has 2 nitrogen and oxygen atoms in total. The highest BCUT2D eigenvalue weighted by molar-refractivity contribution is 5.98. The average Bonchev–Trinajstić information content (AvgIpc) is 2.89. The molecule has 2 aromatic rings. The van der Waals surface area contributed by atoms with Crippen LogP contribution in [0.2, 0.25) is 0 Å². The van der Waals surface area contributed by atoms with Gasteiger partial charge in [0.2, 0.25) is 0 Å². The first-order valence-corrected chi connectivity index (χ1v) is 7.15. The first kappa shape index (κ1) is 13.6. The van der Waals surface area contributed by atoms with Crippen LogP contribution in [-0.2, 0) is 6.42 Å². The molecular formula is C19H17NO. The van der Waals surface area contributed by atoms with E-state index in [0.29, 0.717) is 19.4 Å². The fraction of sp³-hybridized carbons (Fsp3) is 0.211. The van der Waals surface area contributed by atoms with Crippen LogP contribution in [0.3, 0.4) is 0 Å². The van der Waals surface area contributed by atoms with Crippen LogP contribution in [0.4, 0.5) is 0 Å². The van der Waals surface area contributed by atoms with Crippen LogP contribution in [0.5, 0.6) is 0 Å². The normalized spacial score (nSPS) is 20.5. The van der Waals surface area contributed by atoms with Gasteiger partial charge >= 0.3 is 0 Å². The molecule has 1 N–H and O–H groups in total. The Morgan fingerprint density at radius 1 is 1.00 bits per heavy atom. The summed E-state index contributed by atoms with van der Waals surface area (Å²) in [5, 5.41) is 10.8. The van der Waals surface area contributed by atoms with E-state index < -0.39 is 5.60 Å². The van der Waals surface area contributed by atoms with Crippen molar-refractivity contribution in [2.45, 2.75) is 18.4 Å².